The van der Waals surface area contributed by atoms with Gasteiger partial charge in [0.05, 0.1) is 23.5 Å². The van der Waals surface area contributed by atoms with Crippen LogP contribution in [-0.4, -0.2) is 15.0 Å². The maximum Gasteiger partial charge on any atom is 0.416 e. The van der Waals surface area contributed by atoms with E-state index in [1.54, 1.807) is 24.4 Å². The van der Waals surface area contributed by atoms with E-state index in [-0.39, 0.29) is 12.4 Å². The number of ether oxygens (including phenoxy) is 1. The van der Waals surface area contributed by atoms with Crippen LogP contribution in [0.4, 0.5) is 13.2 Å². The molecule has 0 fully saturated rings. The Hall–Kier alpha value is -3.14. The molecule has 0 atom stereocenters. The van der Waals surface area contributed by atoms with Gasteiger partial charge in [-0.15, -0.1) is 5.10 Å². The topological polar surface area (TPSA) is 70.2 Å². The van der Waals surface area contributed by atoms with Crippen molar-refractivity contribution in [3.63, 3.8) is 0 Å². The number of aromatic nitrogens is 3. The van der Waals surface area contributed by atoms with Gasteiger partial charge in [0.25, 0.3) is 0 Å². The molecule has 0 unspecified atom stereocenters. The standard InChI is InChI=1S/C19H11BrF3N3O3/c20-12-3-6-17-15(7-12)16(8-18(27)29-17)26-9-13(24-25-26)10-28-14-4-1-11(2-5-14)19(21,22)23/h1-9H,10H2. The van der Waals surface area contributed by atoms with Crippen molar-refractivity contribution in [2.24, 2.45) is 0 Å². The fourth-order valence-corrected chi connectivity index (χ4v) is 3.05. The zero-order chi connectivity index (χ0) is 20.6. The van der Waals surface area contributed by atoms with E-state index in [2.05, 4.69) is 26.2 Å². The van der Waals surface area contributed by atoms with Crippen LogP contribution in [0.25, 0.3) is 16.7 Å². The van der Waals surface area contributed by atoms with Crippen LogP contribution in [-0.2, 0) is 12.8 Å². The van der Waals surface area contributed by atoms with Crippen LogP contribution in [0.3, 0.4) is 0 Å². The molecule has 0 saturated carbocycles. The van der Waals surface area contributed by atoms with E-state index >= 15 is 0 Å². The summed E-state index contributed by atoms with van der Waals surface area (Å²) in [7, 11) is 0. The van der Waals surface area contributed by atoms with Crippen molar-refractivity contribution < 1.29 is 22.3 Å². The Morgan fingerprint density at radius 2 is 1.86 bits per heavy atom. The Bertz CT molecular complexity index is 1230. The van der Waals surface area contributed by atoms with E-state index < -0.39 is 17.4 Å². The van der Waals surface area contributed by atoms with Gasteiger partial charge in [0, 0.05) is 9.86 Å². The van der Waals surface area contributed by atoms with E-state index in [9.17, 15) is 18.0 Å². The number of alkyl halides is 3. The maximum atomic E-state index is 12.6. The summed E-state index contributed by atoms with van der Waals surface area (Å²) in [5, 5.41) is 8.65. The predicted octanol–water partition coefficient (Wildman–Crippen LogP) is 4.73. The molecule has 0 amide bonds. The molecule has 2 aromatic heterocycles. The summed E-state index contributed by atoms with van der Waals surface area (Å²) in [5.41, 5.74) is 0.0190. The number of hydrogen-bond donors (Lipinski definition) is 0. The van der Waals surface area contributed by atoms with Gasteiger partial charge in [-0.05, 0) is 42.5 Å². The van der Waals surface area contributed by atoms with Crippen LogP contribution in [0, 0.1) is 0 Å². The fourth-order valence-electron chi connectivity index (χ4n) is 2.69. The van der Waals surface area contributed by atoms with Crippen molar-refractivity contribution in [1.82, 2.24) is 15.0 Å². The average molecular weight is 466 g/mol. The summed E-state index contributed by atoms with van der Waals surface area (Å²) in [5.74, 6) is 0.266. The lowest BCUT2D eigenvalue weighted by atomic mass is 10.2. The molecule has 148 valence electrons. The third kappa shape index (κ3) is 4.16. The molecule has 6 nitrogen and oxygen atoms in total. The lowest BCUT2D eigenvalue weighted by molar-refractivity contribution is -0.137. The van der Waals surface area contributed by atoms with E-state index in [0.717, 1.165) is 16.6 Å². The number of benzene rings is 2. The van der Waals surface area contributed by atoms with Crippen molar-refractivity contribution in [2.45, 2.75) is 12.8 Å². The Kier molecular flexibility index (Phi) is 4.87. The number of rotatable bonds is 4. The zero-order valence-electron chi connectivity index (χ0n) is 14.5. The highest BCUT2D eigenvalue weighted by Crippen LogP contribution is 2.30. The van der Waals surface area contributed by atoms with E-state index in [0.29, 0.717) is 22.4 Å². The van der Waals surface area contributed by atoms with E-state index in [4.69, 9.17) is 9.15 Å². The molecule has 2 heterocycles. The van der Waals surface area contributed by atoms with Gasteiger partial charge in [-0.2, -0.15) is 13.2 Å². The summed E-state index contributed by atoms with van der Waals surface area (Å²) in [6, 6.07) is 10.9. The lowest BCUT2D eigenvalue weighted by Crippen LogP contribution is -2.04. The van der Waals surface area contributed by atoms with Crippen molar-refractivity contribution in [3.05, 3.63) is 80.9 Å². The summed E-state index contributed by atoms with van der Waals surface area (Å²) < 4.78 is 50.7. The van der Waals surface area contributed by atoms with Crippen LogP contribution in [0.2, 0.25) is 0 Å². The molecule has 0 aliphatic rings. The molecular weight excluding hydrogens is 455 g/mol. The molecule has 29 heavy (non-hydrogen) atoms. The molecule has 10 heteroatoms. The molecule has 0 bridgehead atoms. The molecule has 0 aliphatic heterocycles. The SMILES string of the molecule is O=c1cc(-n2cc(COc3ccc(C(F)(F)F)cc3)nn2)c2cc(Br)ccc2o1. The average Bonchev–Trinajstić information content (AvgIpc) is 3.14. The van der Waals surface area contributed by atoms with E-state index in [1.807, 2.05) is 0 Å². The Morgan fingerprint density at radius 3 is 2.59 bits per heavy atom. The summed E-state index contributed by atoms with van der Waals surface area (Å²) in [6.07, 6.45) is -2.83. The van der Waals surface area contributed by atoms with Gasteiger partial charge in [-0.1, -0.05) is 21.1 Å². The monoisotopic (exact) mass is 465 g/mol. The number of nitrogens with zero attached hydrogens (tertiary/aromatic N) is 3. The van der Waals surface area contributed by atoms with Crippen molar-refractivity contribution in [1.29, 1.82) is 0 Å². The molecule has 0 radical (unpaired) electrons. The molecule has 2 aromatic carbocycles. The highest BCUT2D eigenvalue weighted by molar-refractivity contribution is 9.10. The molecule has 0 saturated heterocycles. The smallest absolute Gasteiger partial charge is 0.416 e. The van der Waals surface area contributed by atoms with Crippen molar-refractivity contribution >= 4 is 26.9 Å². The minimum absolute atomic E-state index is 0.00552. The Morgan fingerprint density at radius 1 is 1.10 bits per heavy atom. The minimum Gasteiger partial charge on any atom is -0.487 e. The first-order valence-electron chi connectivity index (χ1n) is 8.25. The number of hydrogen-bond acceptors (Lipinski definition) is 5. The number of fused-ring (bicyclic) bond motifs is 1. The van der Waals surface area contributed by atoms with Gasteiger partial charge in [-0.25, -0.2) is 9.48 Å². The molecule has 4 rings (SSSR count). The summed E-state index contributed by atoms with van der Waals surface area (Å²) in [4.78, 5) is 11.8. The first kappa shape index (κ1) is 19.2. The first-order valence-corrected chi connectivity index (χ1v) is 9.04. The number of halogens is 4. The van der Waals surface area contributed by atoms with Crippen molar-refractivity contribution in [3.8, 4) is 11.4 Å². The van der Waals surface area contributed by atoms with Gasteiger partial charge in [-0.3, -0.25) is 0 Å². The second kappa shape index (κ2) is 7.36. The zero-order valence-corrected chi connectivity index (χ0v) is 16.1. The van der Waals surface area contributed by atoms with Crippen molar-refractivity contribution in [2.75, 3.05) is 0 Å². The van der Waals surface area contributed by atoms with Gasteiger partial charge < -0.3 is 9.15 Å². The van der Waals surface area contributed by atoms with Gasteiger partial charge in [0.2, 0.25) is 0 Å². The maximum absolute atomic E-state index is 12.6. The lowest BCUT2D eigenvalue weighted by Gasteiger charge is -2.08. The quantitative estimate of drug-likeness (QED) is 0.407. The van der Waals surface area contributed by atoms with E-state index in [1.165, 1.54) is 22.9 Å². The first-order chi connectivity index (χ1) is 13.8. The summed E-state index contributed by atoms with van der Waals surface area (Å²) in [6.45, 7) is -0.00552. The molecule has 0 aliphatic carbocycles. The second-order valence-electron chi connectivity index (χ2n) is 6.06. The van der Waals surface area contributed by atoms with Crippen LogP contribution >= 0.6 is 15.9 Å². The molecule has 4 aromatic rings. The van der Waals surface area contributed by atoms with Gasteiger partial charge >= 0.3 is 11.8 Å². The van der Waals surface area contributed by atoms with Gasteiger partial charge in [0.15, 0.2) is 0 Å². The Balaban J connectivity index is 1.56. The van der Waals surface area contributed by atoms with Crippen LogP contribution in [0.1, 0.15) is 11.3 Å². The molecular formula is C19H11BrF3N3O3. The van der Waals surface area contributed by atoms with Crippen LogP contribution in [0.15, 0.2) is 68.4 Å². The summed E-state index contributed by atoms with van der Waals surface area (Å²) >= 11 is 3.38. The van der Waals surface area contributed by atoms with Gasteiger partial charge in [0.1, 0.15) is 23.6 Å². The second-order valence-corrected chi connectivity index (χ2v) is 6.97. The van der Waals surface area contributed by atoms with Crippen LogP contribution < -0.4 is 10.4 Å². The van der Waals surface area contributed by atoms with Crippen LogP contribution in [0.5, 0.6) is 5.75 Å². The molecule has 0 spiro atoms. The largest absolute Gasteiger partial charge is 0.487 e. The molecule has 0 N–H and O–H groups in total. The third-order valence-electron chi connectivity index (χ3n) is 4.04. The predicted molar refractivity (Wildman–Crippen MR) is 101 cm³/mol. The Labute approximate surface area is 169 Å². The minimum atomic E-state index is -4.40. The highest BCUT2D eigenvalue weighted by atomic mass is 79.9. The fraction of sp³-hybridized carbons (Fsp3) is 0.105. The third-order valence-corrected chi connectivity index (χ3v) is 4.53. The normalized spacial score (nSPS) is 11.7. The highest BCUT2D eigenvalue weighted by Gasteiger charge is 2.30.